The van der Waals surface area contributed by atoms with Gasteiger partial charge in [-0.3, -0.25) is 9.59 Å². The number of para-hydroxylation sites is 1. The number of benzene rings is 1. The summed E-state index contributed by atoms with van der Waals surface area (Å²) < 4.78 is 3.20. The molecule has 0 spiro atoms. The molecule has 9 heteroatoms. The Hall–Kier alpha value is -3.46. The van der Waals surface area contributed by atoms with E-state index in [-0.39, 0.29) is 23.3 Å². The van der Waals surface area contributed by atoms with Crippen LogP contribution in [0.1, 0.15) is 25.5 Å². The Kier molecular flexibility index (Phi) is 5.85. The van der Waals surface area contributed by atoms with Crippen molar-refractivity contribution in [1.82, 2.24) is 24.3 Å². The smallest absolute Gasteiger partial charge is 0.267 e. The molecular weight excluding hydrogens is 412 g/mol. The van der Waals surface area contributed by atoms with E-state index in [4.69, 9.17) is 0 Å². The zero-order chi connectivity index (χ0) is 22.0. The second-order valence-electron chi connectivity index (χ2n) is 7.34. The van der Waals surface area contributed by atoms with E-state index in [1.807, 2.05) is 39.0 Å². The summed E-state index contributed by atoms with van der Waals surface area (Å²) in [6.45, 7) is 5.91. The van der Waals surface area contributed by atoms with Gasteiger partial charge in [-0.05, 0) is 50.6 Å². The van der Waals surface area contributed by atoms with Crippen LogP contribution in [0.15, 0.2) is 64.8 Å². The monoisotopic (exact) mass is 434 g/mol. The molecule has 3 aromatic heterocycles. The van der Waals surface area contributed by atoms with Crippen LogP contribution in [0.3, 0.4) is 0 Å². The minimum Gasteiger partial charge on any atom is -0.310 e. The number of nitrogens with one attached hydrogen (secondary N) is 1. The SMILES string of the molecule is Cc1ccnc(-n2c(SCC(=O)Nc3ccnn3C(C)C)nc3ccccc3c2=O)c1. The van der Waals surface area contributed by atoms with Gasteiger partial charge in [0.2, 0.25) is 5.91 Å². The van der Waals surface area contributed by atoms with Gasteiger partial charge in [-0.1, -0.05) is 23.9 Å². The van der Waals surface area contributed by atoms with Gasteiger partial charge in [-0.15, -0.1) is 0 Å². The van der Waals surface area contributed by atoms with E-state index in [1.54, 1.807) is 41.3 Å². The van der Waals surface area contributed by atoms with Crippen LogP contribution in [-0.2, 0) is 4.79 Å². The quantitative estimate of drug-likeness (QED) is 0.368. The van der Waals surface area contributed by atoms with Gasteiger partial charge in [0.1, 0.15) is 11.6 Å². The fraction of sp³-hybridized carbons (Fsp3) is 0.227. The highest BCUT2D eigenvalue weighted by Gasteiger charge is 2.16. The van der Waals surface area contributed by atoms with Gasteiger partial charge in [0.25, 0.3) is 5.56 Å². The molecule has 0 bridgehead atoms. The van der Waals surface area contributed by atoms with Crippen molar-refractivity contribution in [2.45, 2.75) is 32.0 Å². The van der Waals surface area contributed by atoms with E-state index in [1.165, 1.54) is 16.3 Å². The van der Waals surface area contributed by atoms with Crippen molar-refractivity contribution in [2.75, 3.05) is 11.1 Å². The molecule has 8 nitrogen and oxygen atoms in total. The van der Waals surface area contributed by atoms with Crippen LogP contribution < -0.4 is 10.9 Å². The van der Waals surface area contributed by atoms with Crippen molar-refractivity contribution in [2.24, 2.45) is 0 Å². The number of fused-ring (bicyclic) bond motifs is 1. The van der Waals surface area contributed by atoms with Crippen molar-refractivity contribution in [3.05, 3.63) is 70.8 Å². The number of hydrogen-bond donors (Lipinski definition) is 1. The minimum absolute atomic E-state index is 0.0832. The molecule has 0 fully saturated rings. The highest BCUT2D eigenvalue weighted by molar-refractivity contribution is 7.99. The Morgan fingerprint density at radius 1 is 1.16 bits per heavy atom. The first kappa shape index (κ1) is 20.8. The maximum atomic E-state index is 13.2. The summed E-state index contributed by atoms with van der Waals surface area (Å²) in [6, 6.07) is 12.7. The molecule has 0 atom stereocenters. The number of aromatic nitrogens is 5. The molecular formula is C22H22N6O2S. The van der Waals surface area contributed by atoms with Gasteiger partial charge in [-0.25, -0.2) is 19.2 Å². The van der Waals surface area contributed by atoms with E-state index >= 15 is 0 Å². The van der Waals surface area contributed by atoms with E-state index in [2.05, 4.69) is 20.4 Å². The molecule has 31 heavy (non-hydrogen) atoms. The molecule has 0 aliphatic rings. The summed E-state index contributed by atoms with van der Waals surface area (Å²) in [5.41, 5.74) is 1.34. The van der Waals surface area contributed by atoms with Crippen molar-refractivity contribution in [3.63, 3.8) is 0 Å². The van der Waals surface area contributed by atoms with E-state index in [0.29, 0.717) is 27.7 Å². The second-order valence-corrected chi connectivity index (χ2v) is 8.28. The summed E-state index contributed by atoms with van der Waals surface area (Å²) in [5, 5.41) is 8.01. The maximum Gasteiger partial charge on any atom is 0.267 e. The van der Waals surface area contributed by atoms with Crippen LogP contribution in [0.2, 0.25) is 0 Å². The molecule has 1 N–H and O–H groups in total. The van der Waals surface area contributed by atoms with Crippen molar-refractivity contribution in [1.29, 1.82) is 0 Å². The van der Waals surface area contributed by atoms with Crippen LogP contribution in [0.4, 0.5) is 5.82 Å². The molecule has 3 heterocycles. The van der Waals surface area contributed by atoms with Gasteiger partial charge in [0, 0.05) is 18.3 Å². The summed E-state index contributed by atoms with van der Waals surface area (Å²) in [6.07, 6.45) is 3.30. The van der Waals surface area contributed by atoms with Gasteiger partial charge in [-0.2, -0.15) is 5.10 Å². The summed E-state index contributed by atoms with van der Waals surface area (Å²) in [7, 11) is 0. The van der Waals surface area contributed by atoms with E-state index < -0.39 is 0 Å². The van der Waals surface area contributed by atoms with Gasteiger partial charge in [0.05, 0.1) is 22.9 Å². The number of carbonyl (C=O) groups is 1. The van der Waals surface area contributed by atoms with Gasteiger partial charge < -0.3 is 5.32 Å². The summed E-state index contributed by atoms with van der Waals surface area (Å²) >= 11 is 1.19. The first-order chi connectivity index (χ1) is 14.9. The van der Waals surface area contributed by atoms with Crippen molar-refractivity contribution >= 4 is 34.4 Å². The number of pyridine rings is 1. The first-order valence-electron chi connectivity index (χ1n) is 9.85. The molecule has 1 amide bonds. The molecule has 4 rings (SSSR count). The molecule has 0 radical (unpaired) electrons. The molecule has 0 saturated heterocycles. The standard InChI is InChI=1S/C22H22N6O2S/c1-14(2)28-18(9-11-24-28)26-20(29)13-31-22-25-17-7-5-4-6-16(17)21(30)27(22)19-12-15(3)8-10-23-19/h4-12,14H,13H2,1-3H3,(H,26,29). The molecule has 0 aliphatic carbocycles. The van der Waals surface area contributed by atoms with Crippen LogP contribution >= 0.6 is 11.8 Å². The van der Waals surface area contributed by atoms with Gasteiger partial charge in [0.15, 0.2) is 5.16 Å². The number of anilines is 1. The summed E-state index contributed by atoms with van der Waals surface area (Å²) in [4.78, 5) is 34.8. The zero-order valence-electron chi connectivity index (χ0n) is 17.4. The zero-order valence-corrected chi connectivity index (χ0v) is 18.3. The highest BCUT2D eigenvalue weighted by Crippen LogP contribution is 2.21. The highest BCUT2D eigenvalue weighted by atomic mass is 32.2. The lowest BCUT2D eigenvalue weighted by Crippen LogP contribution is -2.24. The molecule has 0 unspecified atom stereocenters. The predicted octanol–water partition coefficient (Wildman–Crippen LogP) is 3.60. The Morgan fingerprint density at radius 3 is 2.74 bits per heavy atom. The lowest BCUT2D eigenvalue weighted by atomic mass is 10.2. The number of amides is 1. The third kappa shape index (κ3) is 4.36. The van der Waals surface area contributed by atoms with Crippen LogP contribution in [-0.4, -0.2) is 36.0 Å². The predicted molar refractivity (Wildman–Crippen MR) is 122 cm³/mol. The minimum atomic E-state index is -0.218. The van der Waals surface area contributed by atoms with Crippen molar-refractivity contribution in [3.8, 4) is 5.82 Å². The lowest BCUT2D eigenvalue weighted by molar-refractivity contribution is -0.113. The first-order valence-corrected chi connectivity index (χ1v) is 10.8. The van der Waals surface area contributed by atoms with Crippen LogP contribution in [0, 0.1) is 6.92 Å². The average molecular weight is 435 g/mol. The number of nitrogens with zero attached hydrogens (tertiary/aromatic N) is 5. The maximum absolute atomic E-state index is 13.2. The van der Waals surface area contributed by atoms with E-state index in [9.17, 15) is 9.59 Å². The molecule has 4 aromatic rings. The van der Waals surface area contributed by atoms with Crippen molar-refractivity contribution < 1.29 is 4.79 Å². The van der Waals surface area contributed by atoms with Gasteiger partial charge >= 0.3 is 0 Å². The topological polar surface area (TPSA) is 94.7 Å². The third-order valence-electron chi connectivity index (χ3n) is 4.63. The number of rotatable bonds is 6. The molecule has 0 aliphatic heterocycles. The molecule has 158 valence electrons. The lowest BCUT2D eigenvalue weighted by Gasteiger charge is -2.14. The number of carbonyl (C=O) groups excluding carboxylic acids is 1. The van der Waals surface area contributed by atoms with Crippen LogP contribution in [0.25, 0.3) is 16.7 Å². The molecule has 0 saturated carbocycles. The second kappa shape index (κ2) is 8.73. The van der Waals surface area contributed by atoms with E-state index in [0.717, 1.165) is 5.56 Å². The number of hydrogen-bond acceptors (Lipinski definition) is 6. The summed E-state index contributed by atoms with van der Waals surface area (Å²) in [5.74, 6) is 0.979. The number of aryl methyl sites for hydroxylation is 1. The van der Waals surface area contributed by atoms with Crippen LogP contribution in [0.5, 0.6) is 0 Å². The Morgan fingerprint density at radius 2 is 1.97 bits per heavy atom. The third-order valence-corrected chi connectivity index (χ3v) is 5.57. The Balaban J connectivity index is 1.66. The fourth-order valence-corrected chi connectivity index (χ4v) is 3.99. The molecule has 1 aromatic carbocycles. The average Bonchev–Trinajstić information content (AvgIpc) is 3.21. The number of thioether (sulfide) groups is 1. The normalized spacial score (nSPS) is 11.2. The fourth-order valence-electron chi connectivity index (χ4n) is 3.19. The Labute approximate surface area is 183 Å². The largest absolute Gasteiger partial charge is 0.310 e. The Bertz CT molecular complexity index is 1310.